The van der Waals surface area contributed by atoms with Gasteiger partial charge in [-0.1, -0.05) is 0 Å². The fourth-order valence-corrected chi connectivity index (χ4v) is 1.04. The molecule has 1 aromatic heterocycles. The smallest absolute Gasteiger partial charge is 0.407 e. The van der Waals surface area contributed by atoms with E-state index < -0.39 is 0 Å². The van der Waals surface area contributed by atoms with E-state index in [2.05, 4.69) is 10.3 Å². The van der Waals surface area contributed by atoms with Crippen molar-refractivity contribution in [3.05, 3.63) is 30.1 Å². The number of alkyl carbamates (subject to hydrolysis) is 1. The van der Waals surface area contributed by atoms with E-state index >= 15 is 0 Å². The minimum atomic E-state index is -0.360. The Morgan fingerprint density at radius 2 is 2.21 bits per heavy atom. The van der Waals surface area contributed by atoms with Gasteiger partial charge in [0.15, 0.2) is 0 Å². The highest BCUT2D eigenvalue weighted by Gasteiger charge is 1.98. The molecule has 0 aliphatic carbocycles. The van der Waals surface area contributed by atoms with E-state index in [0.29, 0.717) is 13.2 Å². The third kappa shape index (κ3) is 3.89. The van der Waals surface area contributed by atoms with Crippen LogP contribution in [0.25, 0.3) is 0 Å². The summed E-state index contributed by atoms with van der Waals surface area (Å²) in [4.78, 5) is 14.8. The van der Waals surface area contributed by atoms with Crippen LogP contribution in [-0.2, 0) is 11.2 Å². The van der Waals surface area contributed by atoms with Gasteiger partial charge < -0.3 is 10.1 Å². The van der Waals surface area contributed by atoms with Gasteiger partial charge >= 0.3 is 6.09 Å². The minimum Gasteiger partial charge on any atom is -0.450 e. The first-order valence-corrected chi connectivity index (χ1v) is 4.62. The molecule has 0 aliphatic heterocycles. The summed E-state index contributed by atoms with van der Waals surface area (Å²) in [7, 11) is 0. The summed E-state index contributed by atoms with van der Waals surface area (Å²) in [6, 6.07) is 3.85. The average molecular weight is 194 g/mol. The van der Waals surface area contributed by atoms with Crippen LogP contribution in [0.15, 0.2) is 24.5 Å². The minimum absolute atomic E-state index is 0.360. The first-order chi connectivity index (χ1) is 6.83. The molecule has 0 saturated heterocycles. The molecule has 1 amide bonds. The summed E-state index contributed by atoms with van der Waals surface area (Å²) >= 11 is 0. The lowest BCUT2D eigenvalue weighted by atomic mass is 10.2. The number of nitrogens with one attached hydrogen (secondary N) is 1. The molecule has 76 valence electrons. The van der Waals surface area contributed by atoms with E-state index in [9.17, 15) is 4.79 Å². The summed E-state index contributed by atoms with van der Waals surface area (Å²) in [5.74, 6) is 0. The molecule has 0 aromatic carbocycles. The molecule has 4 heteroatoms. The molecule has 0 radical (unpaired) electrons. The number of amides is 1. The van der Waals surface area contributed by atoms with E-state index in [1.54, 1.807) is 19.3 Å². The standard InChI is InChI=1S/C10H14N2O2/c1-2-14-10(13)12-8-5-9-3-6-11-7-4-9/h3-4,6-7H,2,5,8H2,1H3,(H,12,13). The van der Waals surface area contributed by atoms with Crippen molar-refractivity contribution in [2.24, 2.45) is 0 Å². The summed E-state index contributed by atoms with van der Waals surface area (Å²) in [5.41, 5.74) is 1.15. The molecule has 0 bridgehead atoms. The molecule has 0 spiro atoms. The molecular weight excluding hydrogens is 180 g/mol. The van der Waals surface area contributed by atoms with Gasteiger partial charge in [-0.25, -0.2) is 4.79 Å². The van der Waals surface area contributed by atoms with Crippen molar-refractivity contribution in [1.29, 1.82) is 0 Å². The number of hydrogen-bond donors (Lipinski definition) is 1. The number of nitrogens with zero attached hydrogens (tertiary/aromatic N) is 1. The lowest BCUT2D eigenvalue weighted by Gasteiger charge is -2.04. The molecule has 0 fully saturated rings. The zero-order chi connectivity index (χ0) is 10.2. The lowest BCUT2D eigenvalue weighted by molar-refractivity contribution is 0.152. The Bertz CT molecular complexity index is 275. The number of carbonyl (C=O) groups excluding carboxylic acids is 1. The normalized spacial score (nSPS) is 9.50. The fraction of sp³-hybridized carbons (Fsp3) is 0.400. The van der Waals surface area contributed by atoms with Crippen LogP contribution in [0, 0.1) is 0 Å². The van der Waals surface area contributed by atoms with Gasteiger partial charge in [0.1, 0.15) is 0 Å². The first-order valence-electron chi connectivity index (χ1n) is 4.62. The van der Waals surface area contributed by atoms with E-state index in [1.807, 2.05) is 12.1 Å². The van der Waals surface area contributed by atoms with Gasteiger partial charge in [-0.05, 0) is 31.0 Å². The molecule has 1 N–H and O–H groups in total. The molecule has 0 atom stereocenters. The van der Waals surface area contributed by atoms with Crippen LogP contribution >= 0.6 is 0 Å². The van der Waals surface area contributed by atoms with Crippen molar-refractivity contribution >= 4 is 6.09 Å². The molecule has 0 saturated carbocycles. The average Bonchev–Trinajstić information content (AvgIpc) is 2.20. The number of ether oxygens (including phenoxy) is 1. The Kier molecular flexibility index (Phi) is 4.47. The van der Waals surface area contributed by atoms with E-state index in [4.69, 9.17) is 4.74 Å². The van der Waals surface area contributed by atoms with Crippen molar-refractivity contribution in [3.8, 4) is 0 Å². The first kappa shape index (κ1) is 10.5. The maximum atomic E-state index is 10.9. The maximum absolute atomic E-state index is 10.9. The second-order valence-corrected chi connectivity index (χ2v) is 2.75. The largest absolute Gasteiger partial charge is 0.450 e. The Hall–Kier alpha value is -1.58. The summed E-state index contributed by atoms with van der Waals surface area (Å²) < 4.78 is 4.72. The zero-order valence-corrected chi connectivity index (χ0v) is 8.19. The SMILES string of the molecule is CCOC(=O)NCCc1ccncc1. The quantitative estimate of drug-likeness (QED) is 0.787. The van der Waals surface area contributed by atoms with Crippen molar-refractivity contribution in [1.82, 2.24) is 10.3 Å². The third-order valence-electron chi connectivity index (χ3n) is 1.71. The zero-order valence-electron chi connectivity index (χ0n) is 8.19. The third-order valence-corrected chi connectivity index (χ3v) is 1.71. The predicted octanol–water partition coefficient (Wildman–Crippen LogP) is 1.37. The number of hydrogen-bond acceptors (Lipinski definition) is 3. The van der Waals surface area contributed by atoms with Gasteiger partial charge in [0.05, 0.1) is 6.61 Å². The summed E-state index contributed by atoms with van der Waals surface area (Å²) in [6.45, 7) is 2.77. The lowest BCUT2D eigenvalue weighted by Crippen LogP contribution is -2.26. The van der Waals surface area contributed by atoms with Crippen LogP contribution in [-0.4, -0.2) is 24.2 Å². The van der Waals surface area contributed by atoms with Crippen LogP contribution in [0.4, 0.5) is 4.79 Å². The highest BCUT2D eigenvalue weighted by atomic mass is 16.5. The van der Waals surface area contributed by atoms with Crippen LogP contribution in [0.5, 0.6) is 0 Å². The van der Waals surface area contributed by atoms with Gasteiger partial charge in [0, 0.05) is 18.9 Å². The van der Waals surface area contributed by atoms with Crippen LogP contribution in [0.3, 0.4) is 0 Å². The maximum Gasteiger partial charge on any atom is 0.407 e. The number of aromatic nitrogens is 1. The monoisotopic (exact) mass is 194 g/mol. The van der Waals surface area contributed by atoms with Crippen LogP contribution in [0.1, 0.15) is 12.5 Å². The Morgan fingerprint density at radius 3 is 2.86 bits per heavy atom. The second-order valence-electron chi connectivity index (χ2n) is 2.75. The fourth-order valence-electron chi connectivity index (χ4n) is 1.04. The number of carbonyl (C=O) groups is 1. The van der Waals surface area contributed by atoms with Gasteiger partial charge in [0.25, 0.3) is 0 Å². The van der Waals surface area contributed by atoms with E-state index in [1.165, 1.54) is 0 Å². The molecule has 0 aliphatic rings. The summed E-state index contributed by atoms with van der Waals surface area (Å²) in [5, 5.41) is 2.65. The van der Waals surface area contributed by atoms with Crippen molar-refractivity contribution in [3.63, 3.8) is 0 Å². The predicted molar refractivity (Wildman–Crippen MR) is 53.0 cm³/mol. The summed E-state index contributed by atoms with van der Waals surface area (Å²) in [6.07, 6.45) is 3.90. The highest BCUT2D eigenvalue weighted by molar-refractivity contribution is 5.66. The number of rotatable bonds is 4. The molecule has 1 aromatic rings. The Labute approximate surface area is 83.3 Å². The molecule has 1 rings (SSSR count). The van der Waals surface area contributed by atoms with E-state index in [0.717, 1.165) is 12.0 Å². The van der Waals surface area contributed by atoms with Gasteiger partial charge in [-0.15, -0.1) is 0 Å². The molecule has 4 nitrogen and oxygen atoms in total. The Morgan fingerprint density at radius 1 is 1.50 bits per heavy atom. The Balaban J connectivity index is 2.19. The van der Waals surface area contributed by atoms with Crippen molar-refractivity contribution in [2.75, 3.05) is 13.2 Å². The molecule has 14 heavy (non-hydrogen) atoms. The van der Waals surface area contributed by atoms with Gasteiger partial charge in [-0.3, -0.25) is 4.98 Å². The van der Waals surface area contributed by atoms with Crippen molar-refractivity contribution in [2.45, 2.75) is 13.3 Å². The van der Waals surface area contributed by atoms with E-state index in [-0.39, 0.29) is 6.09 Å². The van der Waals surface area contributed by atoms with Crippen molar-refractivity contribution < 1.29 is 9.53 Å². The molecule has 1 heterocycles. The topological polar surface area (TPSA) is 51.2 Å². The molecular formula is C10H14N2O2. The van der Waals surface area contributed by atoms with Crippen LogP contribution in [0.2, 0.25) is 0 Å². The second kappa shape index (κ2) is 5.96. The van der Waals surface area contributed by atoms with Crippen LogP contribution < -0.4 is 5.32 Å². The number of pyridine rings is 1. The van der Waals surface area contributed by atoms with Gasteiger partial charge in [0.2, 0.25) is 0 Å². The molecule has 0 unspecified atom stereocenters. The van der Waals surface area contributed by atoms with Gasteiger partial charge in [-0.2, -0.15) is 0 Å². The highest BCUT2D eigenvalue weighted by Crippen LogP contribution is 1.95.